The van der Waals surface area contributed by atoms with E-state index in [1.807, 2.05) is 4.90 Å². The molecule has 0 aliphatic carbocycles. The number of alkyl halides is 3. The van der Waals surface area contributed by atoms with E-state index in [4.69, 9.17) is 10.5 Å². The first-order chi connectivity index (χ1) is 18.4. The molecular formula is C25H27BrF3N7O3. The van der Waals surface area contributed by atoms with Crippen LogP contribution in [0.5, 0.6) is 5.88 Å². The molecule has 10 nitrogen and oxygen atoms in total. The topological polar surface area (TPSA) is 131 Å². The summed E-state index contributed by atoms with van der Waals surface area (Å²) in [6.45, 7) is 3.44. The number of nitrogens with one attached hydrogen (secondary N) is 1. The minimum atomic E-state index is -4.78. The number of piperidine rings is 1. The molecule has 4 N–H and O–H groups in total. The quantitative estimate of drug-likeness (QED) is 0.379. The number of hydrogen-bond donors (Lipinski definition) is 3. The summed E-state index contributed by atoms with van der Waals surface area (Å²) in [6, 6.07) is 6.87. The summed E-state index contributed by atoms with van der Waals surface area (Å²) in [5, 5.41) is 16.7. The summed E-state index contributed by atoms with van der Waals surface area (Å²) in [5.74, 6) is -1.03. The molecule has 1 spiro atoms. The van der Waals surface area contributed by atoms with Crippen molar-refractivity contribution in [2.75, 3.05) is 30.3 Å². The van der Waals surface area contributed by atoms with Gasteiger partial charge >= 0.3 is 12.1 Å². The second-order valence-corrected chi connectivity index (χ2v) is 10.9. The third kappa shape index (κ3) is 5.81. The number of benzene rings is 1. The van der Waals surface area contributed by atoms with Crippen LogP contribution in [-0.2, 0) is 4.79 Å². The zero-order valence-electron chi connectivity index (χ0n) is 21.0. The monoisotopic (exact) mass is 609 g/mol. The zero-order chi connectivity index (χ0) is 27.9. The smallest absolute Gasteiger partial charge is 0.429 e. The number of nitrogens with zero attached hydrogens (tertiary/aromatic N) is 5. The van der Waals surface area contributed by atoms with Crippen LogP contribution in [0.3, 0.4) is 0 Å². The lowest BCUT2D eigenvalue weighted by Gasteiger charge is -2.39. The van der Waals surface area contributed by atoms with Crippen LogP contribution < -0.4 is 20.7 Å². The Balaban J connectivity index is 1.40. The molecule has 0 bridgehead atoms. The summed E-state index contributed by atoms with van der Waals surface area (Å²) in [4.78, 5) is 21.5. The number of halogens is 4. The third-order valence-electron chi connectivity index (χ3n) is 7.29. The minimum absolute atomic E-state index is 0.137. The molecule has 5 rings (SSSR count). The lowest BCUT2D eigenvalue weighted by molar-refractivity contribution is -0.198. The van der Waals surface area contributed by atoms with E-state index in [1.54, 1.807) is 25.3 Å². The number of hydrogen-bond acceptors (Lipinski definition) is 8. The van der Waals surface area contributed by atoms with Crippen molar-refractivity contribution in [1.82, 2.24) is 25.1 Å². The first-order valence-corrected chi connectivity index (χ1v) is 13.1. The van der Waals surface area contributed by atoms with E-state index in [1.165, 1.54) is 22.9 Å². The van der Waals surface area contributed by atoms with Gasteiger partial charge in [-0.3, -0.25) is 4.79 Å². The molecule has 14 heteroatoms. The number of anilines is 2. The van der Waals surface area contributed by atoms with E-state index in [9.17, 15) is 23.1 Å². The molecule has 39 heavy (non-hydrogen) atoms. The van der Waals surface area contributed by atoms with E-state index in [2.05, 4.69) is 36.3 Å². The highest BCUT2D eigenvalue weighted by Gasteiger charge is 2.46. The predicted octanol–water partition coefficient (Wildman–Crippen LogP) is 4.03. The maximum absolute atomic E-state index is 14.4. The van der Waals surface area contributed by atoms with Gasteiger partial charge in [-0.1, -0.05) is 22.0 Å². The summed E-state index contributed by atoms with van der Waals surface area (Å²) in [6.07, 6.45) is -3.60. The molecule has 2 aliphatic heterocycles. The normalized spacial score (nSPS) is 19.8. The molecule has 2 aromatic heterocycles. The first-order valence-electron chi connectivity index (χ1n) is 12.3. The van der Waals surface area contributed by atoms with Gasteiger partial charge in [-0.25, -0.2) is 4.68 Å². The van der Waals surface area contributed by atoms with Crippen LogP contribution in [0, 0.1) is 12.3 Å². The molecule has 0 amide bonds. The molecular weight excluding hydrogens is 583 g/mol. The van der Waals surface area contributed by atoms with Gasteiger partial charge in [0.15, 0.2) is 0 Å². The number of aliphatic carboxylic acids is 1. The van der Waals surface area contributed by atoms with Crippen LogP contribution in [0.2, 0.25) is 0 Å². The van der Waals surface area contributed by atoms with Crippen molar-refractivity contribution in [3.63, 3.8) is 0 Å². The number of carboxylic acids is 1. The highest BCUT2D eigenvalue weighted by atomic mass is 79.9. The van der Waals surface area contributed by atoms with Crippen LogP contribution in [-0.4, -0.2) is 62.7 Å². The number of rotatable bonds is 6. The summed E-state index contributed by atoms with van der Waals surface area (Å²) >= 11 is 3.32. The van der Waals surface area contributed by atoms with Crippen LogP contribution >= 0.6 is 15.9 Å². The number of aryl methyl sites for hydroxylation is 1. The van der Waals surface area contributed by atoms with Crippen LogP contribution in [0.25, 0.3) is 5.69 Å². The number of carboxylic acid groups (broad SMARTS) is 1. The molecule has 2 fully saturated rings. The van der Waals surface area contributed by atoms with Gasteiger partial charge in [0.05, 0.1) is 11.4 Å². The summed E-state index contributed by atoms with van der Waals surface area (Å²) in [5.41, 5.74) is 6.46. The largest absolute Gasteiger partial charge is 0.480 e. The zero-order valence-corrected chi connectivity index (χ0v) is 22.5. The number of aromatic nitrogens is 4. The molecule has 208 valence electrons. The second kappa shape index (κ2) is 10.3. The van der Waals surface area contributed by atoms with Gasteiger partial charge in [-0.15, -0.1) is 0 Å². The maximum atomic E-state index is 14.4. The van der Waals surface area contributed by atoms with E-state index in [0.29, 0.717) is 54.9 Å². The Labute approximate surface area is 230 Å². The Bertz CT molecular complexity index is 1380. The fraction of sp³-hybridized carbons (Fsp3) is 0.440. The lowest BCUT2D eigenvalue weighted by Crippen LogP contribution is -2.41. The van der Waals surface area contributed by atoms with Crippen LogP contribution in [0.15, 0.2) is 41.0 Å². The third-order valence-corrected chi connectivity index (χ3v) is 7.79. The molecule has 4 heterocycles. The Morgan fingerprint density at radius 1 is 1.26 bits per heavy atom. The Hall–Kier alpha value is -3.39. The SMILES string of the molecule is Cc1ccn(-c2cc(Br)ccc2[C@@H](Oc2cc(N3CCC4(CC3)CNC(C(=O)O)C4)nc(N)n2)C(F)(F)F)n1. The summed E-state index contributed by atoms with van der Waals surface area (Å²) in [7, 11) is 0. The van der Waals surface area contributed by atoms with Crippen LogP contribution in [0.4, 0.5) is 24.9 Å². The van der Waals surface area contributed by atoms with E-state index >= 15 is 0 Å². The predicted molar refractivity (Wildman–Crippen MR) is 140 cm³/mol. The highest BCUT2D eigenvalue weighted by Crippen LogP contribution is 2.42. The number of carbonyl (C=O) groups is 1. The molecule has 0 saturated carbocycles. The highest BCUT2D eigenvalue weighted by molar-refractivity contribution is 9.10. The number of ether oxygens (including phenoxy) is 1. The van der Waals surface area contributed by atoms with Crippen molar-refractivity contribution < 1.29 is 27.8 Å². The van der Waals surface area contributed by atoms with Crippen molar-refractivity contribution in [3.05, 3.63) is 52.3 Å². The van der Waals surface area contributed by atoms with Crippen molar-refractivity contribution in [3.8, 4) is 11.6 Å². The molecule has 2 atom stereocenters. The lowest BCUT2D eigenvalue weighted by atomic mass is 9.76. The summed E-state index contributed by atoms with van der Waals surface area (Å²) < 4.78 is 50.7. The van der Waals surface area contributed by atoms with Gasteiger partial charge in [0.1, 0.15) is 11.9 Å². The standard InChI is InChI=1S/C25H27BrF3N7O3/c1-14-4-7-36(34-14)18-10-15(26)2-3-16(18)21(25(27,28)29)39-20-11-19(32-23(30)33-20)35-8-5-24(6-9-35)12-17(22(37)38)31-13-24/h2-4,7,10-11,17,21,31H,5-6,8-9,12-13H2,1H3,(H,37,38)(H2,30,32,33)/t17?,21-/m1/s1. The van der Waals surface area contributed by atoms with Gasteiger partial charge in [0.25, 0.3) is 0 Å². The van der Waals surface area contributed by atoms with Gasteiger partial charge < -0.3 is 25.8 Å². The molecule has 2 saturated heterocycles. The van der Waals surface area contributed by atoms with E-state index in [-0.39, 0.29) is 28.5 Å². The molecule has 2 aliphatic rings. The first kappa shape index (κ1) is 27.2. The fourth-order valence-corrected chi connectivity index (χ4v) is 5.60. The average molecular weight is 610 g/mol. The van der Waals surface area contributed by atoms with Crippen molar-refractivity contribution in [1.29, 1.82) is 0 Å². The van der Waals surface area contributed by atoms with Crippen molar-refractivity contribution in [2.24, 2.45) is 5.41 Å². The van der Waals surface area contributed by atoms with E-state index < -0.39 is 24.3 Å². The Morgan fingerprint density at radius 3 is 2.62 bits per heavy atom. The fourth-order valence-electron chi connectivity index (χ4n) is 5.25. The van der Waals surface area contributed by atoms with Crippen molar-refractivity contribution in [2.45, 2.75) is 44.5 Å². The average Bonchev–Trinajstić information content (AvgIpc) is 3.49. The maximum Gasteiger partial charge on any atom is 0.429 e. The Morgan fingerprint density at radius 2 is 2.00 bits per heavy atom. The second-order valence-electron chi connectivity index (χ2n) is 10.0. The molecule has 1 unspecified atom stereocenters. The van der Waals surface area contributed by atoms with Crippen LogP contribution in [0.1, 0.15) is 36.6 Å². The van der Waals surface area contributed by atoms with Gasteiger partial charge in [-0.05, 0) is 49.8 Å². The van der Waals surface area contributed by atoms with E-state index in [0.717, 1.165) is 0 Å². The molecule has 3 aromatic rings. The number of nitrogens with two attached hydrogens (primary N) is 1. The molecule has 0 radical (unpaired) electrons. The van der Waals surface area contributed by atoms with Gasteiger partial charge in [0.2, 0.25) is 17.9 Å². The van der Waals surface area contributed by atoms with Gasteiger partial charge in [0, 0.05) is 41.9 Å². The van der Waals surface area contributed by atoms with Crippen molar-refractivity contribution >= 4 is 33.7 Å². The number of nitrogen functional groups attached to an aromatic ring is 1. The van der Waals surface area contributed by atoms with Gasteiger partial charge in [-0.2, -0.15) is 28.2 Å². The minimum Gasteiger partial charge on any atom is -0.480 e. The Kier molecular flexibility index (Phi) is 7.18. The molecule has 1 aromatic carbocycles.